The molecule has 0 unspecified atom stereocenters. The SMILES string of the molecule is O=C(CSc1nc(-c2ccc(F)cc2)cs1)Nc1ccccc1N1CCCC1=O. The molecule has 29 heavy (non-hydrogen) atoms. The number of halogens is 1. The molecule has 5 nitrogen and oxygen atoms in total. The molecule has 2 aromatic carbocycles. The predicted octanol–water partition coefficient (Wildman–Crippen LogP) is 4.81. The number of nitrogens with one attached hydrogen (secondary N) is 1. The molecule has 0 spiro atoms. The third kappa shape index (κ3) is 4.65. The number of para-hydroxylation sites is 2. The molecule has 0 atom stereocenters. The van der Waals surface area contributed by atoms with Crippen molar-refractivity contribution >= 4 is 46.3 Å². The van der Waals surface area contributed by atoms with Crippen LogP contribution in [-0.2, 0) is 9.59 Å². The third-order valence-corrected chi connectivity index (χ3v) is 6.51. The Labute approximate surface area is 176 Å². The van der Waals surface area contributed by atoms with Gasteiger partial charge in [-0.3, -0.25) is 9.59 Å². The Balaban J connectivity index is 1.38. The van der Waals surface area contributed by atoms with Crippen molar-refractivity contribution in [2.24, 2.45) is 0 Å². The molecule has 4 rings (SSSR count). The summed E-state index contributed by atoms with van der Waals surface area (Å²) in [5, 5.41) is 4.80. The van der Waals surface area contributed by atoms with Crippen LogP contribution in [0, 0.1) is 5.82 Å². The zero-order valence-electron chi connectivity index (χ0n) is 15.4. The first-order valence-electron chi connectivity index (χ1n) is 9.14. The van der Waals surface area contributed by atoms with Gasteiger partial charge in [-0.05, 0) is 42.8 Å². The molecular weight excluding hydrogens is 409 g/mol. The van der Waals surface area contributed by atoms with Crippen LogP contribution in [0.2, 0.25) is 0 Å². The Bertz CT molecular complexity index is 1040. The summed E-state index contributed by atoms with van der Waals surface area (Å²) < 4.78 is 13.8. The van der Waals surface area contributed by atoms with E-state index in [1.54, 1.807) is 23.1 Å². The number of hydrogen-bond acceptors (Lipinski definition) is 5. The Morgan fingerprint density at radius 2 is 2.00 bits per heavy atom. The van der Waals surface area contributed by atoms with Gasteiger partial charge in [-0.25, -0.2) is 9.37 Å². The number of amides is 2. The summed E-state index contributed by atoms with van der Waals surface area (Å²) in [6, 6.07) is 13.5. The van der Waals surface area contributed by atoms with E-state index in [2.05, 4.69) is 10.3 Å². The van der Waals surface area contributed by atoms with E-state index in [4.69, 9.17) is 0 Å². The van der Waals surface area contributed by atoms with E-state index in [1.165, 1.54) is 35.2 Å². The Morgan fingerprint density at radius 3 is 2.76 bits per heavy atom. The number of thioether (sulfide) groups is 1. The second-order valence-corrected chi connectivity index (χ2v) is 8.59. The van der Waals surface area contributed by atoms with Crippen LogP contribution in [0.3, 0.4) is 0 Å². The van der Waals surface area contributed by atoms with Crippen molar-refractivity contribution in [3.63, 3.8) is 0 Å². The number of anilines is 2. The number of rotatable bonds is 6. The van der Waals surface area contributed by atoms with Gasteiger partial charge < -0.3 is 10.2 Å². The van der Waals surface area contributed by atoms with Crippen molar-refractivity contribution in [2.75, 3.05) is 22.5 Å². The first kappa shape index (κ1) is 19.6. The normalized spacial score (nSPS) is 13.7. The van der Waals surface area contributed by atoms with E-state index < -0.39 is 0 Å². The number of benzene rings is 2. The first-order chi connectivity index (χ1) is 14.1. The van der Waals surface area contributed by atoms with E-state index in [9.17, 15) is 14.0 Å². The smallest absolute Gasteiger partial charge is 0.234 e. The van der Waals surface area contributed by atoms with Gasteiger partial charge in [0, 0.05) is 23.9 Å². The molecule has 3 aromatic rings. The maximum Gasteiger partial charge on any atom is 0.234 e. The van der Waals surface area contributed by atoms with Gasteiger partial charge in [-0.15, -0.1) is 11.3 Å². The molecule has 0 saturated carbocycles. The van der Waals surface area contributed by atoms with Crippen LogP contribution >= 0.6 is 23.1 Å². The van der Waals surface area contributed by atoms with Crippen molar-refractivity contribution in [1.29, 1.82) is 0 Å². The summed E-state index contributed by atoms with van der Waals surface area (Å²) in [5.74, 6) is -0.158. The monoisotopic (exact) mass is 427 g/mol. The molecule has 1 aliphatic heterocycles. The van der Waals surface area contributed by atoms with Gasteiger partial charge in [0.1, 0.15) is 5.82 Å². The standard InChI is InChI=1S/C21H18FN3O2S2/c22-15-9-7-14(8-10-15)17-12-28-21(24-17)29-13-19(26)23-16-4-1-2-5-18(16)25-11-3-6-20(25)27/h1-2,4-5,7-10,12H,3,6,11,13H2,(H,23,26). The van der Waals surface area contributed by atoms with Gasteiger partial charge in [0.15, 0.2) is 4.34 Å². The van der Waals surface area contributed by atoms with E-state index in [1.807, 2.05) is 23.6 Å². The van der Waals surface area contributed by atoms with Gasteiger partial charge in [0.2, 0.25) is 11.8 Å². The maximum absolute atomic E-state index is 13.1. The fourth-order valence-corrected chi connectivity index (χ4v) is 4.74. The average Bonchev–Trinajstić information content (AvgIpc) is 3.37. The highest BCUT2D eigenvalue weighted by molar-refractivity contribution is 8.01. The summed E-state index contributed by atoms with van der Waals surface area (Å²) in [7, 11) is 0. The van der Waals surface area contributed by atoms with Crippen molar-refractivity contribution in [1.82, 2.24) is 4.98 Å². The fourth-order valence-electron chi connectivity index (χ4n) is 3.11. The molecule has 0 aliphatic carbocycles. The second kappa shape index (κ2) is 8.75. The Kier molecular flexibility index (Phi) is 5.92. The van der Waals surface area contributed by atoms with E-state index in [0.717, 1.165) is 27.7 Å². The maximum atomic E-state index is 13.1. The molecule has 1 aliphatic rings. The molecule has 2 amide bonds. The number of thiazole rings is 1. The highest BCUT2D eigenvalue weighted by Gasteiger charge is 2.24. The largest absolute Gasteiger partial charge is 0.324 e. The van der Waals surface area contributed by atoms with Gasteiger partial charge in [-0.1, -0.05) is 23.9 Å². The molecule has 0 radical (unpaired) electrons. The minimum Gasteiger partial charge on any atom is -0.324 e. The molecule has 1 fully saturated rings. The molecule has 8 heteroatoms. The van der Waals surface area contributed by atoms with Gasteiger partial charge in [-0.2, -0.15) is 0 Å². The minimum atomic E-state index is -0.286. The van der Waals surface area contributed by atoms with E-state index in [0.29, 0.717) is 18.7 Å². The van der Waals surface area contributed by atoms with Crippen molar-refractivity contribution in [3.05, 3.63) is 59.7 Å². The van der Waals surface area contributed by atoms with Crippen LogP contribution in [0.4, 0.5) is 15.8 Å². The van der Waals surface area contributed by atoms with Crippen LogP contribution < -0.4 is 10.2 Å². The molecule has 0 bridgehead atoms. The number of carbonyl (C=O) groups excluding carboxylic acids is 2. The number of carbonyl (C=O) groups is 2. The topological polar surface area (TPSA) is 62.3 Å². The summed E-state index contributed by atoms with van der Waals surface area (Å²) in [6.07, 6.45) is 1.37. The Morgan fingerprint density at radius 1 is 1.21 bits per heavy atom. The molecule has 148 valence electrons. The van der Waals surface area contributed by atoms with Gasteiger partial charge >= 0.3 is 0 Å². The lowest BCUT2D eigenvalue weighted by Gasteiger charge is -2.19. The van der Waals surface area contributed by atoms with Gasteiger partial charge in [0.05, 0.1) is 22.8 Å². The predicted molar refractivity (Wildman–Crippen MR) is 115 cm³/mol. The Hall–Kier alpha value is -2.71. The number of hydrogen-bond donors (Lipinski definition) is 1. The minimum absolute atomic E-state index is 0.0807. The van der Waals surface area contributed by atoms with Crippen molar-refractivity contribution in [2.45, 2.75) is 17.2 Å². The zero-order valence-corrected chi connectivity index (χ0v) is 17.1. The molecule has 1 aromatic heterocycles. The van der Waals surface area contributed by atoms with Crippen LogP contribution in [0.25, 0.3) is 11.3 Å². The lowest BCUT2D eigenvalue weighted by molar-refractivity contribution is -0.117. The molecule has 1 N–H and O–H groups in total. The number of nitrogens with zero attached hydrogens (tertiary/aromatic N) is 2. The second-order valence-electron chi connectivity index (χ2n) is 6.51. The fraction of sp³-hybridized carbons (Fsp3) is 0.190. The molecule has 1 saturated heterocycles. The highest BCUT2D eigenvalue weighted by atomic mass is 32.2. The quantitative estimate of drug-likeness (QED) is 0.574. The van der Waals surface area contributed by atoms with E-state index in [-0.39, 0.29) is 23.4 Å². The lowest BCUT2D eigenvalue weighted by Crippen LogP contribution is -2.25. The highest BCUT2D eigenvalue weighted by Crippen LogP contribution is 2.31. The average molecular weight is 428 g/mol. The first-order valence-corrected chi connectivity index (χ1v) is 11.0. The van der Waals surface area contributed by atoms with Crippen molar-refractivity contribution < 1.29 is 14.0 Å². The summed E-state index contributed by atoms with van der Waals surface area (Å²) in [4.78, 5) is 30.7. The van der Waals surface area contributed by atoms with E-state index >= 15 is 0 Å². The summed E-state index contributed by atoms with van der Waals surface area (Å²) >= 11 is 2.79. The summed E-state index contributed by atoms with van der Waals surface area (Å²) in [5.41, 5.74) is 2.97. The lowest BCUT2D eigenvalue weighted by atomic mass is 10.2. The van der Waals surface area contributed by atoms with Crippen LogP contribution in [0.15, 0.2) is 58.3 Å². The van der Waals surface area contributed by atoms with Crippen LogP contribution in [0.5, 0.6) is 0 Å². The van der Waals surface area contributed by atoms with Crippen LogP contribution in [0.1, 0.15) is 12.8 Å². The number of aromatic nitrogens is 1. The van der Waals surface area contributed by atoms with Crippen LogP contribution in [-0.4, -0.2) is 29.1 Å². The summed E-state index contributed by atoms with van der Waals surface area (Å²) in [6.45, 7) is 0.672. The third-order valence-electron chi connectivity index (χ3n) is 4.49. The zero-order chi connectivity index (χ0) is 20.2. The van der Waals surface area contributed by atoms with Crippen molar-refractivity contribution in [3.8, 4) is 11.3 Å². The van der Waals surface area contributed by atoms with Gasteiger partial charge in [0.25, 0.3) is 0 Å². The molecular formula is C21H18FN3O2S2. The molecule has 2 heterocycles.